The molecular formula is C4H9N2O2PS. The second-order valence-electron chi connectivity index (χ2n) is 1.65. The van der Waals surface area contributed by atoms with Crippen molar-refractivity contribution < 1.29 is 9.69 Å². The minimum Gasteiger partial charge on any atom is -0.339 e. The molecule has 1 atom stereocenters. The fourth-order valence-electron chi connectivity index (χ4n) is 0.355. The molecule has 4 nitrogen and oxygen atoms in total. The highest BCUT2D eigenvalue weighted by molar-refractivity contribution is 8.09. The van der Waals surface area contributed by atoms with E-state index in [1.807, 2.05) is 0 Å². The molecule has 0 aliphatic rings. The number of amides is 1. The zero-order valence-corrected chi connectivity index (χ0v) is 6.99. The number of carbonyl (C=O) groups is 1. The Hall–Kier alpha value is -0.220. The summed E-state index contributed by atoms with van der Waals surface area (Å²) in [5.74, 6) is -0.400. The van der Waals surface area contributed by atoms with Crippen molar-refractivity contribution in [2.75, 3.05) is 0 Å². The average Bonchev–Trinajstić information content (AvgIpc) is 1.59. The highest BCUT2D eigenvalue weighted by Crippen LogP contribution is 2.23. The number of carbonyl (C=O) groups excluding carboxylic acids is 1. The first kappa shape index (κ1) is 9.78. The van der Waals surface area contributed by atoms with E-state index in [9.17, 15) is 4.79 Å². The molecule has 0 aromatic carbocycles. The van der Waals surface area contributed by atoms with Crippen LogP contribution < -0.4 is 10.6 Å². The van der Waals surface area contributed by atoms with E-state index < -0.39 is 12.5 Å². The largest absolute Gasteiger partial charge is 0.339 e. The molecule has 1 amide bonds. The monoisotopic (exact) mass is 180 g/mol. The zero-order chi connectivity index (χ0) is 8.20. The Bertz CT molecular complexity index is 188. The molecule has 0 saturated carbocycles. The molecule has 4 N–H and O–H groups in total. The first-order valence-corrected chi connectivity index (χ1v) is 5.31. The molecule has 0 rings (SSSR count). The molecule has 0 fully saturated rings. The minimum absolute atomic E-state index is 0.121. The molecular weight excluding hydrogens is 171 g/mol. The molecule has 0 aliphatic carbocycles. The number of nitrogens with two attached hydrogens (primary N) is 1. The summed E-state index contributed by atoms with van der Waals surface area (Å²) < 4.78 is 0. The Morgan fingerprint density at radius 1 is 2.00 bits per heavy atom. The zero-order valence-electron chi connectivity index (χ0n) is 5.28. The van der Waals surface area contributed by atoms with Gasteiger partial charge < -0.3 is 4.89 Å². The second kappa shape index (κ2) is 3.83. The van der Waals surface area contributed by atoms with Crippen molar-refractivity contribution in [3.05, 3.63) is 12.7 Å². The summed E-state index contributed by atoms with van der Waals surface area (Å²) in [4.78, 5) is 19.3. The molecule has 0 bridgehead atoms. The maximum atomic E-state index is 10.6. The maximum Gasteiger partial charge on any atom is 0.230 e. The molecule has 0 aliphatic heterocycles. The molecule has 0 saturated heterocycles. The summed E-state index contributed by atoms with van der Waals surface area (Å²) in [6.45, 7) is 0.260. The molecule has 58 valence electrons. The third kappa shape index (κ3) is 5.91. The van der Waals surface area contributed by atoms with E-state index in [4.69, 9.17) is 10.4 Å². The summed E-state index contributed by atoms with van der Waals surface area (Å²) in [6.07, 6.45) is 1.52. The van der Waals surface area contributed by atoms with Gasteiger partial charge in [0.05, 0.1) is 0 Å². The summed E-state index contributed by atoms with van der Waals surface area (Å²) in [7, 11) is 0. The van der Waals surface area contributed by atoms with Gasteiger partial charge in [-0.2, -0.15) is 0 Å². The van der Waals surface area contributed by atoms with Gasteiger partial charge in [0.25, 0.3) is 0 Å². The molecule has 0 aromatic rings. The van der Waals surface area contributed by atoms with Crippen LogP contribution in [-0.2, 0) is 16.6 Å². The van der Waals surface area contributed by atoms with Gasteiger partial charge >= 0.3 is 0 Å². The number of hydrogen-bond donors (Lipinski definition) is 3. The fraction of sp³-hybridized carbons (Fsp3) is 0.250. The Balaban J connectivity index is 3.80. The van der Waals surface area contributed by atoms with Crippen LogP contribution in [0.25, 0.3) is 0 Å². The molecule has 0 radical (unpaired) electrons. The molecule has 0 aromatic heterocycles. The highest BCUT2D eigenvalue weighted by Gasteiger charge is 2.07. The Kier molecular flexibility index (Phi) is 3.75. The van der Waals surface area contributed by atoms with Crippen molar-refractivity contribution >= 4 is 24.3 Å². The topological polar surface area (TPSA) is 75.4 Å². The summed E-state index contributed by atoms with van der Waals surface area (Å²) >= 11 is 4.35. The number of hydrogen-bond acceptors (Lipinski definition) is 2. The summed E-state index contributed by atoms with van der Waals surface area (Å²) in [5.41, 5.74) is 4.98. The first-order valence-electron chi connectivity index (χ1n) is 2.49. The van der Waals surface area contributed by atoms with Crippen LogP contribution >= 0.6 is 6.57 Å². The number of nitrogens with one attached hydrogen (secondary N) is 1. The normalized spacial score (nSPS) is 15.4. The predicted octanol–water partition coefficient (Wildman–Crippen LogP) is -0.146. The maximum absolute atomic E-state index is 10.6. The molecule has 0 spiro atoms. The van der Waals surface area contributed by atoms with E-state index in [2.05, 4.69) is 23.5 Å². The molecule has 1 unspecified atom stereocenters. The van der Waals surface area contributed by atoms with Crippen molar-refractivity contribution in [1.82, 2.24) is 5.09 Å². The summed E-state index contributed by atoms with van der Waals surface area (Å²) in [6, 6.07) is 0. The lowest BCUT2D eigenvalue weighted by Crippen LogP contribution is -2.22. The third-order valence-corrected chi connectivity index (χ3v) is 1.46. The average molecular weight is 180 g/mol. The third-order valence-electron chi connectivity index (χ3n) is 0.615. The SMILES string of the molecule is C=CCC(=O)NP(N)(O)=S. The van der Waals surface area contributed by atoms with Gasteiger partial charge in [-0.15, -0.1) is 6.58 Å². The van der Waals surface area contributed by atoms with Gasteiger partial charge in [0.1, 0.15) is 0 Å². The van der Waals surface area contributed by atoms with Crippen LogP contribution in [0.15, 0.2) is 12.7 Å². The second-order valence-corrected chi connectivity index (χ2v) is 4.79. The molecule has 10 heavy (non-hydrogen) atoms. The van der Waals surface area contributed by atoms with Crippen LogP contribution in [0, 0.1) is 0 Å². The van der Waals surface area contributed by atoms with Crippen LogP contribution in [0.5, 0.6) is 0 Å². The van der Waals surface area contributed by atoms with Crippen molar-refractivity contribution in [1.29, 1.82) is 0 Å². The van der Waals surface area contributed by atoms with E-state index in [1.165, 1.54) is 6.08 Å². The van der Waals surface area contributed by atoms with E-state index >= 15 is 0 Å². The van der Waals surface area contributed by atoms with Crippen molar-refractivity contribution in [3.8, 4) is 0 Å². The predicted molar refractivity (Wildman–Crippen MR) is 43.6 cm³/mol. The van der Waals surface area contributed by atoms with Gasteiger partial charge in [0.15, 0.2) is 0 Å². The lowest BCUT2D eigenvalue weighted by Gasteiger charge is -2.08. The van der Waals surface area contributed by atoms with Crippen LogP contribution in [0.4, 0.5) is 0 Å². The van der Waals surface area contributed by atoms with E-state index in [0.717, 1.165) is 0 Å². The fourth-order valence-corrected chi connectivity index (χ4v) is 1.11. The lowest BCUT2D eigenvalue weighted by atomic mass is 10.4. The van der Waals surface area contributed by atoms with Gasteiger partial charge in [-0.3, -0.25) is 15.4 Å². The first-order chi connectivity index (χ1) is 4.45. The van der Waals surface area contributed by atoms with Crippen molar-refractivity contribution in [2.45, 2.75) is 6.42 Å². The van der Waals surface area contributed by atoms with Gasteiger partial charge in [0, 0.05) is 6.42 Å². The summed E-state index contributed by atoms with van der Waals surface area (Å²) in [5, 5.41) is 2.07. The van der Waals surface area contributed by atoms with E-state index in [0.29, 0.717) is 0 Å². The van der Waals surface area contributed by atoms with Gasteiger partial charge in [-0.05, 0) is 11.8 Å². The van der Waals surface area contributed by atoms with Crippen LogP contribution in [0.1, 0.15) is 6.42 Å². The number of rotatable bonds is 3. The van der Waals surface area contributed by atoms with Gasteiger partial charge in [0.2, 0.25) is 12.5 Å². The van der Waals surface area contributed by atoms with Crippen LogP contribution in [-0.4, -0.2) is 10.8 Å². The Morgan fingerprint density at radius 3 is 2.80 bits per heavy atom. The molecule has 0 heterocycles. The molecule has 6 heteroatoms. The smallest absolute Gasteiger partial charge is 0.230 e. The van der Waals surface area contributed by atoms with Gasteiger partial charge in [-0.1, -0.05) is 6.08 Å². The highest BCUT2D eigenvalue weighted by atomic mass is 32.4. The van der Waals surface area contributed by atoms with Crippen molar-refractivity contribution in [3.63, 3.8) is 0 Å². The van der Waals surface area contributed by atoms with Crippen molar-refractivity contribution in [2.24, 2.45) is 5.50 Å². The Morgan fingerprint density at radius 2 is 2.50 bits per heavy atom. The van der Waals surface area contributed by atoms with Gasteiger partial charge in [-0.25, -0.2) is 0 Å². The standard InChI is InChI=1S/C4H9N2O2PS/c1-2-3-4(7)6-9(5,8)10/h2H,1,3H2,(H4,5,6,7,8,10). The van der Waals surface area contributed by atoms with E-state index in [1.54, 1.807) is 0 Å². The van der Waals surface area contributed by atoms with Crippen LogP contribution in [0.3, 0.4) is 0 Å². The van der Waals surface area contributed by atoms with E-state index in [-0.39, 0.29) is 6.42 Å². The minimum atomic E-state index is -3.07. The Labute approximate surface area is 64.3 Å². The van der Waals surface area contributed by atoms with Crippen LogP contribution in [0.2, 0.25) is 0 Å². The lowest BCUT2D eigenvalue weighted by molar-refractivity contribution is -0.118. The quantitative estimate of drug-likeness (QED) is 0.417.